The van der Waals surface area contributed by atoms with E-state index < -0.39 is 7.92 Å². The van der Waals surface area contributed by atoms with Crippen LogP contribution in [-0.4, -0.2) is 17.2 Å². The summed E-state index contributed by atoms with van der Waals surface area (Å²) < 4.78 is 0. The van der Waals surface area contributed by atoms with E-state index in [2.05, 4.69) is 0 Å². The molecule has 0 heterocycles. The van der Waals surface area contributed by atoms with E-state index in [9.17, 15) is 9.59 Å². The smallest absolute Gasteiger partial charge is 0.195 e. The molecule has 0 aromatic heterocycles. The lowest BCUT2D eigenvalue weighted by atomic mass is 10.0. The van der Waals surface area contributed by atoms with Crippen LogP contribution in [0.3, 0.4) is 0 Å². The van der Waals surface area contributed by atoms with E-state index in [1.165, 1.54) is 0 Å². The van der Waals surface area contributed by atoms with Crippen molar-refractivity contribution in [3.8, 4) is 0 Å². The van der Waals surface area contributed by atoms with Crippen LogP contribution in [-0.2, 0) is 0 Å². The second-order valence-corrected chi connectivity index (χ2v) is 8.33. The highest BCUT2D eigenvalue weighted by atomic mass is 35.5. The summed E-state index contributed by atoms with van der Waals surface area (Å²) in [4.78, 5) is 25.9. The van der Waals surface area contributed by atoms with E-state index in [0.717, 1.165) is 11.1 Å². The molecular formula is C18H17Cl2O2P. The fourth-order valence-electron chi connectivity index (χ4n) is 2.50. The first-order chi connectivity index (χ1) is 10.9. The molecule has 2 rings (SSSR count). The Balaban J connectivity index is 2.48. The van der Waals surface area contributed by atoms with Gasteiger partial charge in [0.15, 0.2) is 11.0 Å². The molecule has 2 aromatic rings. The van der Waals surface area contributed by atoms with Gasteiger partial charge in [-0.2, -0.15) is 0 Å². The van der Waals surface area contributed by atoms with Crippen LogP contribution in [0.5, 0.6) is 0 Å². The Morgan fingerprint density at radius 2 is 1.30 bits per heavy atom. The first kappa shape index (κ1) is 18.1. The van der Waals surface area contributed by atoms with Crippen molar-refractivity contribution >= 4 is 42.2 Å². The minimum Gasteiger partial charge on any atom is -0.289 e. The predicted molar refractivity (Wildman–Crippen MR) is 98.5 cm³/mol. The topological polar surface area (TPSA) is 34.1 Å². The summed E-state index contributed by atoms with van der Waals surface area (Å²) in [5, 5.41) is 0.579. The van der Waals surface area contributed by atoms with Crippen LogP contribution >= 0.6 is 31.1 Å². The summed E-state index contributed by atoms with van der Waals surface area (Å²) in [5.74, 6) is 0. The molecule has 2 nitrogen and oxygen atoms in total. The van der Waals surface area contributed by atoms with Gasteiger partial charge in [0.25, 0.3) is 0 Å². The monoisotopic (exact) mass is 366 g/mol. The Bertz CT molecular complexity index is 668. The lowest BCUT2D eigenvalue weighted by Gasteiger charge is -2.17. The van der Waals surface area contributed by atoms with Gasteiger partial charge in [0.2, 0.25) is 0 Å². The van der Waals surface area contributed by atoms with Crippen LogP contribution < -0.4 is 0 Å². The third-order valence-corrected chi connectivity index (χ3v) is 6.37. The third kappa shape index (κ3) is 3.66. The first-order valence-corrected chi connectivity index (χ1v) is 9.53. The highest BCUT2D eigenvalue weighted by Gasteiger charge is 2.30. The van der Waals surface area contributed by atoms with E-state index in [4.69, 9.17) is 23.2 Å². The standard InChI is InChI=1S/C18H17Cl2O2P/c1-4-23(17(21)15-11(2)7-5-8-12(15)3)18(22)16-13(19)9-6-10-14(16)20/h5-10H,4H2,1-3H3. The van der Waals surface area contributed by atoms with Crippen LogP contribution in [0.1, 0.15) is 38.8 Å². The van der Waals surface area contributed by atoms with Gasteiger partial charge in [-0.25, -0.2) is 0 Å². The number of carbonyl (C=O) groups excluding carboxylic acids is 2. The average Bonchev–Trinajstić information content (AvgIpc) is 2.47. The van der Waals surface area contributed by atoms with E-state index >= 15 is 0 Å². The fourth-order valence-corrected chi connectivity index (χ4v) is 5.10. The molecule has 0 aliphatic rings. The molecule has 0 N–H and O–H groups in total. The normalized spacial score (nSPS) is 12.0. The van der Waals surface area contributed by atoms with Gasteiger partial charge >= 0.3 is 0 Å². The largest absolute Gasteiger partial charge is 0.289 e. The maximum Gasteiger partial charge on any atom is 0.195 e. The van der Waals surface area contributed by atoms with Gasteiger partial charge in [-0.1, -0.05) is 54.4 Å². The van der Waals surface area contributed by atoms with Crippen molar-refractivity contribution in [3.05, 3.63) is 68.7 Å². The van der Waals surface area contributed by atoms with Gasteiger partial charge < -0.3 is 0 Å². The van der Waals surface area contributed by atoms with Crippen molar-refractivity contribution in [1.29, 1.82) is 0 Å². The molecule has 0 fully saturated rings. The number of carbonyl (C=O) groups is 2. The highest BCUT2D eigenvalue weighted by molar-refractivity contribution is 7.90. The van der Waals surface area contributed by atoms with E-state index in [1.807, 2.05) is 39.0 Å². The number of rotatable bonds is 5. The number of aryl methyl sites for hydroxylation is 2. The maximum atomic E-state index is 13.0. The number of halogens is 2. The van der Waals surface area contributed by atoms with Gasteiger partial charge in [0.1, 0.15) is 0 Å². The molecule has 0 aliphatic heterocycles. The Hall–Kier alpha value is -1.21. The van der Waals surface area contributed by atoms with E-state index in [0.29, 0.717) is 11.7 Å². The Labute approximate surface area is 147 Å². The van der Waals surface area contributed by atoms with Crippen LogP contribution in [0, 0.1) is 13.8 Å². The molecule has 0 aliphatic carbocycles. The van der Waals surface area contributed by atoms with Crippen molar-refractivity contribution in [2.45, 2.75) is 20.8 Å². The Morgan fingerprint density at radius 1 is 0.870 bits per heavy atom. The van der Waals surface area contributed by atoms with Gasteiger partial charge in [-0.05, 0) is 43.3 Å². The molecule has 0 saturated heterocycles. The molecule has 23 heavy (non-hydrogen) atoms. The number of benzene rings is 2. The molecule has 120 valence electrons. The molecule has 0 saturated carbocycles. The maximum absolute atomic E-state index is 13.0. The van der Waals surface area contributed by atoms with Crippen molar-refractivity contribution in [2.24, 2.45) is 0 Å². The van der Waals surface area contributed by atoms with Crippen LogP contribution in [0.25, 0.3) is 0 Å². The molecular weight excluding hydrogens is 350 g/mol. The molecule has 5 heteroatoms. The summed E-state index contributed by atoms with van der Waals surface area (Å²) in [7, 11) is -1.54. The van der Waals surface area contributed by atoms with Crippen LogP contribution in [0.2, 0.25) is 10.0 Å². The minimum atomic E-state index is -1.54. The van der Waals surface area contributed by atoms with Gasteiger partial charge in [-0.3, -0.25) is 9.59 Å². The zero-order valence-electron chi connectivity index (χ0n) is 13.2. The van der Waals surface area contributed by atoms with Gasteiger partial charge in [-0.15, -0.1) is 0 Å². The summed E-state index contributed by atoms with van der Waals surface area (Å²) in [6.07, 6.45) is 0.461. The zero-order valence-corrected chi connectivity index (χ0v) is 15.6. The number of hydrogen-bond donors (Lipinski definition) is 0. The van der Waals surface area contributed by atoms with Gasteiger partial charge in [0, 0.05) is 13.5 Å². The van der Waals surface area contributed by atoms with E-state index in [-0.39, 0.29) is 26.7 Å². The first-order valence-electron chi connectivity index (χ1n) is 7.24. The second kappa shape index (κ2) is 7.57. The van der Waals surface area contributed by atoms with Crippen molar-refractivity contribution in [1.82, 2.24) is 0 Å². The van der Waals surface area contributed by atoms with Crippen molar-refractivity contribution in [3.63, 3.8) is 0 Å². The molecule has 0 amide bonds. The molecule has 1 atom stereocenters. The van der Waals surface area contributed by atoms with Gasteiger partial charge in [0.05, 0.1) is 15.6 Å². The summed E-state index contributed by atoms with van der Waals surface area (Å²) in [6, 6.07) is 10.6. The predicted octanol–water partition coefficient (Wildman–Crippen LogP) is 6.09. The summed E-state index contributed by atoms with van der Waals surface area (Å²) in [6.45, 7) is 5.62. The fraction of sp³-hybridized carbons (Fsp3) is 0.222. The Morgan fingerprint density at radius 3 is 1.78 bits per heavy atom. The average molecular weight is 367 g/mol. The van der Waals surface area contributed by atoms with Crippen molar-refractivity contribution in [2.75, 3.05) is 6.16 Å². The van der Waals surface area contributed by atoms with E-state index in [1.54, 1.807) is 18.2 Å². The molecule has 1 unspecified atom stereocenters. The lowest BCUT2D eigenvalue weighted by molar-refractivity contribution is 0.105. The van der Waals surface area contributed by atoms with Crippen LogP contribution in [0.4, 0.5) is 0 Å². The lowest BCUT2D eigenvalue weighted by Crippen LogP contribution is -2.11. The molecule has 0 bridgehead atoms. The highest BCUT2D eigenvalue weighted by Crippen LogP contribution is 2.46. The molecule has 0 radical (unpaired) electrons. The molecule has 2 aromatic carbocycles. The summed E-state index contributed by atoms with van der Waals surface area (Å²) in [5.41, 5.74) is 2.29. The zero-order chi connectivity index (χ0) is 17.1. The number of hydrogen-bond acceptors (Lipinski definition) is 2. The second-order valence-electron chi connectivity index (χ2n) is 5.22. The summed E-state index contributed by atoms with van der Waals surface area (Å²) >= 11 is 12.3. The van der Waals surface area contributed by atoms with Crippen molar-refractivity contribution < 1.29 is 9.59 Å². The third-order valence-electron chi connectivity index (χ3n) is 3.68. The SMILES string of the molecule is CCP(C(=O)c1c(C)cccc1C)C(=O)c1c(Cl)cccc1Cl. The minimum absolute atomic E-state index is 0.112. The van der Waals surface area contributed by atoms with Crippen LogP contribution in [0.15, 0.2) is 36.4 Å². The molecule has 0 spiro atoms. The quantitative estimate of drug-likeness (QED) is 0.599. The Kier molecular flexibility index (Phi) is 5.97.